The fraction of sp³-hybridized carbons (Fsp3) is 0.0417. The number of fused-ring (bicyclic) bond motifs is 3. The predicted octanol–water partition coefficient (Wildman–Crippen LogP) is 13.6. The molecular formula is C48H36N2. The van der Waals surface area contributed by atoms with E-state index in [1.165, 1.54) is 43.8 Å². The van der Waals surface area contributed by atoms with Crippen LogP contribution in [0.5, 0.6) is 0 Å². The Kier molecular flexibility index (Phi) is 7.68. The summed E-state index contributed by atoms with van der Waals surface area (Å²) in [6.07, 6.45) is 6.78. The summed E-state index contributed by atoms with van der Waals surface area (Å²) in [4.78, 5) is 4.86. The molecule has 2 heteroatoms. The first kappa shape index (κ1) is 29.7. The van der Waals surface area contributed by atoms with Crippen molar-refractivity contribution < 1.29 is 0 Å². The van der Waals surface area contributed by atoms with Gasteiger partial charge in [0.05, 0.1) is 11.4 Å². The quantitative estimate of drug-likeness (QED) is 0.126. The summed E-state index contributed by atoms with van der Waals surface area (Å²) in [7, 11) is 0. The molecule has 50 heavy (non-hydrogen) atoms. The minimum absolute atomic E-state index is 1.10. The molecular weight excluding hydrogens is 605 g/mol. The average molecular weight is 641 g/mol. The fourth-order valence-electron chi connectivity index (χ4n) is 7.52. The molecule has 0 bridgehead atoms. The van der Waals surface area contributed by atoms with E-state index in [1.807, 2.05) is 0 Å². The second-order valence-corrected chi connectivity index (χ2v) is 12.9. The number of para-hydroxylation sites is 4. The Hall–Kier alpha value is -6.38. The van der Waals surface area contributed by atoms with E-state index in [9.17, 15) is 0 Å². The summed E-state index contributed by atoms with van der Waals surface area (Å²) in [6.45, 7) is 0. The molecule has 0 atom stereocenters. The van der Waals surface area contributed by atoms with Gasteiger partial charge in [-0.15, -0.1) is 0 Å². The van der Waals surface area contributed by atoms with Gasteiger partial charge in [-0.1, -0.05) is 133 Å². The fourth-order valence-corrected chi connectivity index (χ4v) is 7.52. The van der Waals surface area contributed by atoms with Gasteiger partial charge in [-0.25, -0.2) is 0 Å². The van der Waals surface area contributed by atoms with Gasteiger partial charge < -0.3 is 9.80 Å². The van der Waals surface area contributed by atoms with Crippen LogP contribution in [0.2, 0.25) is 0 Å². The summed E-state index contributed by atoms with van der Waals surface area (Å²) < 4.78 is 0. The number of benzene rings is 8. The first-order chi connectivity index (χ1) is 24.8. The van der Waals surface area contributed by atoms with Gasteiger partial charge in [0.25, 0.3) is 0 Å². The van der Waals surface area contributed by atoms with E-state index in [0.717, 1.165) is 47.0 Å². The highest BCUT2D eigenvalue weighted by molar-refractivity contribution is 6.23. The molecule has 0 aliphatic heterocycles. The molecule has 0 radical (unpaired) electrons. The minimum atomic E-state index is 1.10. The lowest BCUT2D eigenvalue weighted by Crippen LogP contribution is -2.14. The molecule has 238 valence electrons. The Bertz CT molecular complexity index is 2390. The molecule has 8 aromatic carbocycles. The van der Waals surface area contributed by atoms with Gasteiger partial charge in [0.2, 0.25) is 0 Å². The highest BCUT2D eigenvalue weighted by atomic mass is 15.2. The topological polar surface area (TPSA) is 6.48 Å². The van der Waals surface area contributed by atoms with Crippen molar-refractivity contribution in [3.63, 3.8) is 0 Å². The Balaban J connectivity index is 1.42. The van der Waals surface area contributed by atoms with Crippen LogP contribution in [0.25, 0.3) is 38.7 Å². The van der Waals surface area contributed by atoms with Gasteiger partial charge >= 0.3 is 0 Å². The summed E-state index contributed by atoms with van der Waals surface area (Å²) in [5, 5.41) is 4.75. The van der Waals surface area contributed by atoms with Gasteiger partial charge in [-0.05, 0) is 95.8 Å². The summed E-state index contributed by atoms with van der Waals surface area (Å²) in [5.41, 5.74) is 12.0. The van der Waals surface area contributed by atoms with Gasteiger partial charge in [0, 0.05) is 44.3 Å². The van der Waals surface area contributed by atoms with E-state index in [-0.39, 0.29) is 0 Å². The standard InChI is InChI=1S/C48H36N2/c1-5-19-39(20-6-1)49(40-21-7-2-8-22-40)47-43-27-15-16-28-44(43)48(50(41-23-9-3-10-24-41)42-25-11-4-12-26-42)46-34-38(31-32-45(46)47)37-30-29-35-17-13-14-18-36(35)33-37/h1-12,14-16,18-34H,13,17H2. The molecule has 0 N–H and O–H groups in total. The average Bonchev–Trinajstić information content (AvgIpc) is 3.20. The van der Waals surface area contributed by atoms with Gasteiger partial charge in [0.1, 0.15) is 0 Å². The van der Waals surface area contributed by atoms with Crippen LogP contribution >= 0.6 is 0 Å². The van der Waals surface area contributed by atoms with Gasteiger partial charge in [-0.2, -0.15) is 0 Å². The molecule has 2 nitrogen and oxygen atoms in total. The van der Waals surface area contributed by atoms with E-state index in [4.69, 9.17) is 0 Å². The van der Waals surface area contributed by atoms with E-state index >= 15 is 0 Å². The zero-order valence-electron chi connectivity index (χ0n) is 27.8. The Labute approximate surface area is 293 Å². The molecule has 0 spiro atoms. The van der Waals surface area contributed by atoms with E-state index in [2.05, 4.69) is 204 Å². The second kappa shape index (κ2) is 12.9. The summed E-state index contributed by atoms with van der Waals surface area (Å²) >= 11 is 0. The number of allylic oxidation sites excluding steroid dienone is 1. The molecule has 0 heterocycles. The molecule has 1 aliphatic rings. The monoisotopic (exact) mass is 640 g/mol. The van der Waals surface area contributed by atoms with Crippen LogP contribution in [-0.4, -0.2) is 0 Å². The second-order valence-electron chi connectivity index (χ2n) is 12.9. The number of anilines is 6. The van der Waals surface area contributed by atoms with Crippen LogP contribution in [0.15, 0.2) is 188 Å². The smallest absolute Gasteiger partial charge is 0.0620 e. The zero-order valence-corrected chi connectivity index (χ0v) is 27.8. The first-order valence-corrected chi connectivity index (χ1v) is 17.4. The number of rotatable bonds is 7. The van der Waals surface area contributed by atoms with Gasteiger partial charge in [0.15, 0.2) is 0 Å². The maximum Gasteiger partial charge on any atom is 0.0620 e. The maximum absolute atomic E-state index is 2.43. The van der Waals surface area contributed by atoms with Crippen LogP contribution < -0.4 is 9.80 Å². The highest BCUT2D eigenvalue weighted by Gasteiger charge is 2.25. The van der Waals surface area contributed by atoms with Crippen molar-refractivity contribution in [1.29, 1.82) is 0 Å². The third-order valence-electron chi connectivity index (χ3n) is 9.83. The van der Waals surface area contributed by atoms with Crippen LogP contribution in [0.3, 0.4) is 0 Å². The Morgan fingerprint density at radius 1 is 0.360 bits per heavy atom. The molecule has 9 rings (SSSR count). The summed E-state index contributed by atoms with van der Waals surface area (Å²) in [6, 6.07) is 66.0. The molecule has 1 aliphatic carbocycles. The molecule has 0 fully saturated rings. The number of aryl methyl sites for hydroxylation is 1. The Morgan fingerprint density at radius 2 is 0.780 bits per heavy atom. The Morgan fingerprint density at radius 3 is 1.30 bits per heavy atom. The lowest BCUT2D eigenvalue weighted by Gasteiger charge is -2.33. The number of hydrogen-bond donors (Lipinski definition) is 0. The van der Waals surface area contributed by atoms with Crippen molar-refractivity contribution in [2.45, 2.75) is 12.8 Å². The third-order valence-corrected chi connectivity index (χ3v) is 9.83. The van der Waals surface area contributed by atoms with Crippen molar-refractivity contribution in [3.05, 3.63) is 199 Å². The molecule has 0 amide bonds. The molecule has 0 saturated carbocycles. The molecule has 0 aromatic heterocycles. The predicted molar refractivity (Wildman–Crippen MR) is 214 cm³/mol. The van der Waals surface area contributed by atoms with Crippen molar-refractivity contribution in [2.75, 3.05) is 9.80 Å². The highest BCUT2D eigenvalue weighted by Crippen LogP contribution is 2.51. The zero-order chi connectivity index (χ0) is 33.3. The van der Waals surface area contributed by atoms with Gasteiger partial charge in [-0.3, -0.25) is 0 Å². The first-order valence-electron chi connectivity index (χ1n) is 17.4. The third kappa shape index (κ3) is 5.32. The molecule has 0 unspecified atom stereocenters. The lowest BCUT2D eigenvalue weighted by molar-refractivity contribution is 0.986. The van der Waals surface area contributed by atoms with Crippen LogP contribution in [0.1, 0.15) is 17.5 Å². The minimum Gasteiger partial charge on any atom is -0.309 e. The van der Waals surface area contributed by atoms with Crippen molar-refractivity contribution in [3.8, 4) is 11.1 Å². The van der Waals surface area contributed by atoms with Crippen LogP contribution in [0.4, 0.5) is 34.1 Å². The SMILES string of the molecule is C1=Cc2cc(-c3ccc4c(N(c5ccccc5)c5ccccc5)c5ccccc5c(N(c5ccccc5)c5ccccc5)c4c3)ccc2CC1. The van der Waals surface area contributed by atoms with Crippen molar-refractivity contribution in [1.82, 2.24) is 0 Å². The van der Waals surface area contributed by atoms with Crippen LogP contribution in [-0.2, 0) is 6.42 Å². The molecule has 0 saturated heterocycles. The van der Waals surface area contributed by atoms with Crippen LogP contribution in [0, 0.1) is 0 Å². The largest absolute Gasteiger partial charge is 0.309 e. The number of nitrogens with zero attached hydrogens (tertiary/aromatic N) is 2. The lowest BCUT2D eigenvalue weighted by atomic mass is 9.90. The van der Waals surface area contributed by atoms with E-state index < -0.39 is 0 Å². The number of hydrogen-bond acceptors (Lipinski definition) is 2. The normalized spacial score (nSPS) is 12.2. The van der Waals surface area contributed by atoms with E-state index in [1.54, 1.807) is 0 Å². The maximum atomic E-state index is 2.43. The van der Waals surface area contributed by atoms with E-state index in [0.29, 0.717) is 0 Å². The van der Waals surface area contributed by atoms with Crippen molar-refractivity contribution >= 4 is 61.7 Å². The molecule has 8 aromatic rings. The summed E-state index contributed by atoms with van der Waals surface area (Å²) in [5.74, 6) is 0. The van der Waals surface area contributed by atoms with Crippen molar-refractivity contribution in [2.24, 2.45) is 0 Å².